The number of carbonyl (C=O) groups is 2. The molecule has 1 unspecified atom stereocenters. The Morgan fingerprint density at radius 1 is 1.62 bits per heavy atom. The van der Waals surface area contributed by atoms with Crippen LogP contribution in [0, 0.1) is 5.92 Å². The normalized spacial score (nSPS) is 21.5. The maximum absolute atomic E-state index is 11.5. The third kappa shape index (κ3) is 4.37. The maximum Gasteiger partial charge on any atom is 0.323 e. The van der Waals surface area contributed by atoms with Crippen molar-refractivity contribution < 1.29 is 14.3 Å². The number of rotatable bonds is 5. The molecule has 1 heterocycles. The van der Waals surface area contributed by atoms with Crippen LogP contribution in [0.5, 0.6) is 0 Å². The van der Waals surface area contributed by atoms with Gasteiger partial charge < -0.3 is 10.1 Å². The number of carbonyl (C=O) groups excluding carboxylic acids is 2. The van der Waals surface area contributed by atoms with Gasteiger partial charge in [0.1, 0.15) is 6.04 Å². The molecular weight excluding hydrogens is 232 g/mol. The summed E-state index contributed by atoms with van der Waals surface area (Å²) in [7, 11) is 0. The number of nitrogens with one attached hydrogen (secondary N) is 2. The molecule has 0 bridgehead atoms. The number of hydrogen-bond donors (Lipinski definition) is 2. The van der Waals surface area contributed by atoms with Crippen molar-refractivity contribution in [3.05, 3.63) is 0 Å². The molecule has 6 heteroatoms. The highest BCUT2D eigenvalue weighted by molar-refractivity contribution is 6.21. The Bertz CT molecular complexity index is 254. The monoisotopic (exact) mass is 248 g/mol. The van der Waals surface area contributed by atoms with Crippen LogP contribution in [0.1, 0.15) is 26.2 Å². The van der Waals surface area contributed by atoms with Gasteiger partial charge in [-0.2, -0.15) is 0 Å². The summed E-state index contributed by atoms with van der Waals surface area (Å²) in [6.45, 7) is 2.95. The number of ether oxygens (including phenoxy) is 1. The molecule has 1 saturated heterocycles. The summed E-state index contributed by atoms with van der Waals surface area (Å²) >= 11 is 5.15. The predicted molar refractivity (Wildman–Crippen MR) is 59.8 cm³/mol. The van der Waals surface area contributed by atoms with Crippen molar-refractivity contribution in [2.75, 3.05) is 13.2 Å². The van der Waals surface area contributed by atoms with E-state index in [1.54, 1.807) is 0 Å². The molecule has 1 fully saturated rings. The van der Waals surface area contributed by atoms with E-state index < -0.39 is 0 Å². The standard InChI is InChI=1S/C10H17ClN2O3/c1-7(5-9(14)13-11)6-16-10(15)8-3-2-4-12-8/h7-8,12H,2-6H2,1H3,(H,13,14)/t7?,8-/m0/s1. The molecule has 0 saturated carbocycles. The lowest BCUT2D eigenvalue weighted by Gasteiger charge is -2.13. The van der Waals surface area contributed by atoms with Crippen molar-refractivity contribution >= 4 is 23.7 Å². The van der Waals surface area contributed by atoms with E-state index in [0.29, 0.717) is 0 Å². The highest BCUT2D eigenvalue weighted by Crippen LogP contribution is 2.09. The van der Waals surface area contributed by atoms with E-state index in [0.717, 1.165) is 19.4 Å². The number of hydrogen-bond acceptors (Lipinski definition) is 4. The first-order valence-corrected chi connectivity index (χ1v) is 5.80. The van der Waals surface area contributed by atoms with Gasteiger partial charge in [0.15, 0.2) is 0 Å². The molecule has 2 atom stereocenters. The Kier molecular flexibility index (Phi) is 5.55. The van der Waals surface area contributed by atoms with Gasteiger partial charge in [-0.05, 0) is 25.3 Å². The lowest BCUT2D eigenvalue weighted by molar-refractivity contribution is -0.147. The van der Waals surface area contributed by atoms with E-state index in [9.17, 15) is 9.59 Å². The van der Waals surface area contributed by atoms with Gasteiger partial charge in [0.05, 0.1) is 6.61 Å². The molecule has 0 aromatic rings. The second kappa shape index (κ2) is 6.70. The average molecular weight is 249 g/mol. The quantitative estimate of drug-likeness (QED) is 0.552. The number of amides is 1. The molecule has 0 aliphatic carbocycles. The van der Waals surface area contributed by atoms with Crippen molar-refractivity contribution in [2.45, 2.75) is 32.2 Å². The summed E-state index contributed by atoms with van der Waals surface area (Å²) in [5.74, 6) is -0.510. The largest absolute Gasteiger partial charge is 0.464 e. The van der Waals surface area contributed by atoms with Crippen molar-refractivity contribution in [1.29, 1.82) is 0 Å². The first-order chi connectivity index (χ1) is 7.63. The van der Waals surface area contributed by atoms with Crippen LogP contribution in [0.4, 0.5) is 0 Å². The average Bonchev–Trinajstić information content (AvgIpc) is 2.79. The van der Waals surface area contributed by atoms with Crippen LogP contribution in [-0.2, 0) is 14.3 Å². The zero-order valence-electron chi connectivity index (χ0n) is 9.29. The van der Waals surface area contributed by atoms with Gasteiger partial charge in [0, 0.05) is 18.2 Å². The van der Waals surface area contributed by atoms with Crippen LogP contribution in [-0.4, -0.2) is 31.1 Å². The van der Waals surface area contributed by atoms with Crippen LogP contribution >= 0.6 is 11.8 Å². The SMILES string of the molecule is CC(COC(=O)[C@@H]1CCCN1)CC(=O)NCl. The van der Waals surface area contributed by atoms with Crippen molar-refractivity contribution in [3.8, 4) is 0 Å². The highest BCUT2D eigenvalue weighted by atomic mass is 35.5. The minimum atomic E-state index is -0.260. The zero-order valence-corrected chi connectivity index (χ0v) is 10.0. The minimum Gasteiger partial charge on any atom is -0.464 e. The van der Waals surface area contributed by atoms with Crippen LogP contribution < -0.4 is 10.2 Å². The summed E-state index contributed by atoms with van der Waals surface area (Å²) in [6, 6.07) is -0.172. The maximum atomic E-state index is 11.5. The van der Waals surface area contributed by atoms with E-state index in [1.165, 1.54) is 0 Å². The smallest absolute Gasteiger partial charge is 0.323 e. The fourth-order valence-corrected chi connectivity index (χ4v) is 1.70. The van der Waals surface area contributed by atoms with Crippen LogP contribution in [0.2, 0.25) is 0 Å². The van der Waals surface area contributed by atoms with E-state index in [2.05, 4.69) is 5.32 Å². The summed E-state index contributed by atoms with van der Waals surface area (Å²) in [4.78, 5) is 24.4. The van der Waals surface area contributed by atoms with Gasteiger partial charge >= 0.3 is 5.97 Å². The van der Waals surface area contributed by atoms with E-state index in [1.807, 2.05) is 11.8 Å². The van der Waals surface area contributed by atoms with Crippen LogP contribution in [0.3, 0.4) is 0 Å². The lowest BCUT2D eigenvalue weighted by Crippen LogP contribution is -2.33. The molecule has 92 valence electrons. The second-order valence-electron chi connectivity index (χ2n) is 4.11. The molecule has 1 rings (SSSR count). The molecule has 0 aromatic carbocycles. The van der Waals surface area contributed by atoms with Gasteiger partial charge in [-0.25, -0.2) is 0 Å². The molecule has 1 aliphatic rings. The van der Waals surface area contributed by atoms with Crippen LogP contribution in [0.25, 0.3) is 0 Å². The van der Waals surface area contributed by atoms with Gasteiger partial charge in [0.2, 0.25) is 5.91 Å². The molecule has 0 aromatic heterocycles. The fourth-order valence-electron chi connectivity index (χ4n) is 1.62. The van der Waals surface area contributed by atoms with Crippen molar-refractivity contribution in [2.24, 2.45) is 5.92 Å². The molecule has 1 aliphatic heterocycles. The molecule has 0 spiro atoms. The first kappa shape index (κ1) is 13.3. The molecule has 16 heavy (non-hydrogen) atoms. The van der Waals surface area contributed by atoms with Crippen molar-refractivity contribution in [3.63, 3.8) is 0 Å². The van der Waals surface area contributed by atoms with E-state index >= 15 is 0 Å². The third-order valence-electron chi connectivity index (χ3n) is 2.49. The third-order valence-corrected chi connectivity index (χ3v) is 2.70. The predicted octanol–water partition coefficient (Wildman–Crippen LogP) is 0.578. The topological polar surface area (TPSA) is 67.4 Å². The summed E-state index contributed by atoms with van der Waals surface area (Å²) in [6.07, 6.45) is 2.09. The molecule has 1 amide bonds. The Balaban J connectivity index is 2.17. The van der Waals surface area contributed by atoms with E-state index in [4.69, 9.17) is 16.5 Å². The molecule has 0 radical (unpaired) electrons. The van der Waals surface area contributed by atoms with Crippen molar-refractivity contribution in [1.82, 2.24) is 10.2 Å². The summed E-state index contributed by atoms with van der Waals surface area (Å²) in [5, 5.41) is 3.06. The molecular formula is C10H17ClN2O3. The Labute approximate surface area is 100.0 Å². The number of halogens is 1. The fraction of sp³-hybridized carbons (Fsp3) is 0.800. The Morgan fingerprint density at radius 2 is 2.38 bits per heavy atom. The zero-order chi connectivity index (χ0) is 12.0. The molecule has 2 N–H and O–H groups in total. The van der Waals surface area contributed by atoms with E-state index in [-0.39, 0.29) is 36.9 Å². The second-order valence-corrected chi connectivity index (χ2v) is 4.29. The van der Waals surface area contributed by atoms with Gasteiger partial charge in [0.25, 0.3) is 0 Å². The van der Waals surface area contributed by atoms with Crippen LogP contribution in [0.15, 0.2) is 0 Å². The number of esters is 1. The Morgan fingerprint density at radius 3 is 2.94 bits per heavy atom. The Hall–Kier alpha value is -0.810. The van der Waals surface area contributed by atoms with Gasteiger partial charge in [-0.15, -0.1) is 0 Å². The summed E-state index contributed by atoms with van der Waals surface area (Å²) < 4.78 is 5.11. The lowest BCUT2D eigenvalue weighted by atomic mass is 10.1. The molecule has 5 nitrogen and oxygen atoms in total. The summed E-state index contributed by atoms with van der Waals surface area (Å²) in [5.41, 5.74) is 0. The first-order valence-electron chi connectivity index (χ1n) is 5.43. The minimum absolute atomic E-state index is 0.0240. The highest BCUT2D eigenvalue weighted by Gasteiger charge is 2.23. The van der Waals surface area contributed by atoms with Gasteiger partial charge in [-0.3, -0.25) is 14.4 Å². The van der Waals surface area contributed by atoms with Gasteiger partial charge in [-0.1, -0.05) is 6.92 Å².